The highest BCUT2D eigenvalue weighted by molar-refractivity contribution is 5.92. The Kier molecular flexibility index (Phi) is 4.10. The fourth-order valence-electron chi connectivity index (χ4n) is 4.33. The molecule has 2 aliphatic heterocycles. The molecule has 2 aromatic heterocycles. The molecule has 1 N–H and O–H groups in total. The maximum Gasteiger partial charge on any atom is 0.270 e. The summed E-state index contributed by atoms with van der Waals surface area (Å²) in [5.41, 5.74) is 2.09. The number of amides is 1. The van der Waals surface area contributed by atoms with Gasteiger partial charge < -0.3 is 9.88 Å². The van der Waals surface area contributed by atoms with Crippen molar-refractivity contribution >= 4 is 5.91 Å². The minimum atomic E-state index is 0.132. The van der Waals surface area contributed by atoms with Gasteiger partial charge in [0.1, 0.15) is 5.69 Å². The minimum absolute atomic E-state index is 0.132. The van der Waals surface area contributed by atoms with E-state index in [4.69, 9.17) is 0 Å². The normalized spacial score (nSPS) is 24.6. The van der Waals surface area contributed by atoms with Gasteiger partial charge >= 0.3 is 0 Å². The molecule has 2 aromatic rings. The highest BCUT2D eigenvalue weighted by Crippen LogP contribution is 2.38. The lowest BCUT2D eigenvalue weighted by Crippen LogP contribution is -2.56. The zero-order valence-electron chi connectivity index (χ0n) is 13.9. The van der Waals surface area contributed by atoms with Crippen molar-refractivity contribution in [3.05, 3.63) is 54.1 Å². The molecule has 2 fully saturated rings. The van der Waals surface area contributed by atoms with Crippen LogP contribution in [0, 0.1) is 0 Å². The van der Waals surface area contributed by atoms with E-state index in [9.17, 15) is 4.79 Å². The Morgan fingerprint density at radius 1 is 1.21 bits per heavy atom. The van der Waals surface area contributed by atoms with Crippen LogP contribution in [0.5, 0.6) is 0 Å². The molecule has 1 atom stereocenters. The van der Waals surface area contributed by atoms with E-state index in [1.54, 1.807) is 0 Å². The van der Waals surface area contributed by atoms with Crippen molar-refractivity contribution in [1.29, 1.82) is 0 Å². The van der Waals surface area contributed by atoms with E-state index in [2.05, 4.69) is 20.9 Å². The van der Waals surface area contributed by atoms with E-state index in [1.807, 2.05) is 41.7 Å². The van der Waals surface area contributed by atoms with Crippen molar-refractivity contribution in [3.63, 3.8) is 0 Å². The second kappa shape index (κ2) is 6.40. The monoisotopic (exact) mass is 324 g/mol. The molecule has 0 bridgehead atoms. The van der Waals surface area contributed by atoms with Gasteiger partial charge in [0.15, 0.2) is 0 Å². The number of H-pyrrole nitrogens is 1. The number of hydrogen-bond acceptors (Lipinski definition) is 3. The van der Waals surface area contributed by atoms with Gasteiger partial charge in [-0.25, -0.2) is 0 Å². The van der Waals surface area contributed by atoms with Gasteiger partial charge in [-0.3, -0.25) is 14.7 Å². The summed E-state index contributed by atoms with van der Waals surface area (Å²) in [5, 5.41) is 0. The van der Waals surface area contributed by atoms with Gasteiger partial charge in [0.2, 0.25) is 0 Å². The van der Waals surface area contributed by atoms with Crippen LogP contribution in [-0.4, -0.2) is 50.8 Å². The molecular formula is C19H24N4O. The third kappa shape index (κ3) is 2.84. The summed E-state index contributed by atoms with van der Waals surface area (Å²) in [6, 6.07) is 7.90. The lowest BCUT2D eigenvalue weighted by molar-refractivity contribution is 0.0292. The molecule has 2 saturated heterocycles. The predicted octanol–water partition coefficient (Wildman–Crippen LogP) is 2.68. The molecular weight excluding hydrogens is 300 g/mol. The van der Waals surface area contributed by atoms with Crippen LogP contribution in [0.15, 0.2) is 42.9 Å². The number of aromatic amines is 1. The van der Waals surface area contributed by atoms with Crippen molar-refractivity contribution in [1.82, 2.24) is 19.8 Å². The molecule has 5 nitrogen and oxygen atoms in total. The second-order valence-electron chi connectivity index (χ2n) is 7.02. The predicted molar refractivity (Wildman–Crippen MR) is 92.5 cm³/mol. The largest absolute Gasteiger partial charge is 0.357 e. The second-order valence-corrected chi connectivity index (χ2v) is 7.02. The number of hydrogen-bond donors (Lipinski definition) is 1. The third-order valence-corrected chi connectivity index (χ3v) is 5.51. The first-order chi connectivity index (χ1) is 11.8. The minimum Gasteiger partial charge on any atom is -0.357 e. The maximum atomic E-state index is 12.7. The maximum absolute atomic E-state index is 12.7. The Bertz CT molecular complexity index is 685. The van der Waals surface area contributed by atoms with Crippen LogP contribution >= 0.6 is 0 Å². The Morgan fingerprint density at radius 3 is 2.83 bits per heavy atom. The number of pyridine rings is 1. The molecule has 126 valence electrons. The summed E-state index contributed by atoms with van der Waals surface area (Å²) >= 11 is 0. The van der Waals surface area contributed by atoms with E-state index >= 15 is 0 Å². The number of likely N-dealkylation sites (tertiary alicyclic amines) is 2. The number of aromatic nitrogens is 2. The molecule has 0 aromatic carbocycles. The van der Waals surface area contributed by atoms with Gasteiger partial charge in [-0.1, -0.05) is 6.07 Å². The van der Waals surface area contributed by atoms with E-state index in [1.165, 1.54) is 24.8 Å². The van der Waals surface area contributed by atoms with Crippen LogP contribution in [0.25, 0.3) is 0 Å². The number of nitrogens with one attached hydrogen (secondary N) is 1. The summed E-state index contributed by atoms with van der Waals surface area (Å²) < 4.78 is 0. The topological polar surface area (TPSA) is 52.2 Å². The van der Waals surface area contributed by atoms with Gasteiger partial charge in [-0.2, -0.15) is 0 Å². The third-order valence-electron chi connectivity index (χ3n) is 5.51. The quantitative estimate of drug-likeness (QED) is 0.944. The van der Waals surface area contributed by atoms with Crippen molar-refractivity contribution in [2.75, 3.05) is 19.6 Å². The smallest absolute Gasteiger partial charge is 0.270 e. The van der Waals surface area contributed by atoms with Crippen LogP contribution in [0.3, 0.4) is 0 Å². The fourth-order valence-corrected chi connectivity index (χ4v) is 4.33. The van der Waals surface area contributed by atoms with E-state index in [0.717, 1.165) is 32.6 Å². The Balaban J connectivity index is 1.51. The highest BCUT2D eigenvalue weighted by Gasteiger charge is 2.44. The summed E-state index contributed by atoms with van der Waals surface area (Å²) in [6.07, 6.45) is 10.2. The van der Waals surface area contributed by atoms with E-state index in [-0.39, 0.29) is 11.4 Å². The van der Waals surface area contributed by atoms with Crippen LogP contribution in [0.2, 0.25) is 0 Å². The van der Waals surface area contributed by atoms with Gasteiger partial charge in [-0.15, -0.1) is 0 Å². The Morgan fingerprint density at radius 2 is 2.08 bits per heavy atom. The lowest BCUT2D eigenvalue weighted by atomic mass is 9.86. The van der Waals surface area contributed by atoms with Gasteiger partial charge in [0, 0.05) is 43.8 Å². The summed E-state index contributed by atoms with van der Waals surface area (Å²) in [6.45, 7) is 3.74. The fraction of sp³-hybridized carbons (Fsp3) is 0.474. The average molecular weight is 324 g/mol. The molecule has 0 saturated carbocycles. The molecule has 24 heavy (non-hydrogen) atoms. The standard InChI is InChI=1S/C19H24N4O/c24-18(17-6-2-10-21-17)22-11-3-7-19(15-22)8-4-12-23(19)14-16-5-1-9-20-13-16/h1-2,5-6,9-10,13,21H,3-4,7-8,11-12,14-15H2/t19-/m0/s1. The van der Waals surface area contributed by atoms with Crippen LogP contribution in [0.1, 0.15) is 41.7 Å². The lowest BCUT2D eigenvalue weighted by Gasteiger charge is -2.46. The zero-order chi connectivity index (χ0) is 16.4. The SMILES string of the molecule is O=C(c1ccc[nH]1)N1CCC[C@]2(CCCN2Cc2cccnc2)C1. The first-order valence-corrected chi connectivity index (χ1v) is 8.83. The summed E-state index contributed by atoms with van der Waals surface area (Å²) in [5.74, 6) is 0.132. The van der Waals surface area contributed by atoms with Crippen LogP contribution in [0.4, 0.5) is 0 Å². The van der Waals surface area contributed by atoms with Gasteiger partial charge in [-0.05, 0) is 56.0 Å². The van der Waals surface area contributed by atoms with E-state index < -0.39 is 0 Å². The molecule has 5 heteroatoms. The molecule has 4 rings (SSSR count). The zero-order valence-corrected chi connectivity index (χ0v) is 13.9. The van der Waals surface area contributed by atoms with Crippen LogP contribution < -0.4 is 0 Å². The molecule has 0 unspecified atom stereocenters. The molecule has 2 aliphatic rings. The van der Waals surface area contributed by atoms with Crippen molar-refractivity contribution < 1.29 is 4.79 Å². The highest BCUT2D eigenvalue weighted by atomic mass is 16.2. The summed E-state index contributed by atoms with van der Waals surface area (Å²) in [7, 11) is 0. The number of carbonyl (C=O) groups excluding carboxylic acids is 1. The first kappa shape index (κ1) is 15.4. The number of piperidine rings is 1. The van der Waals surface area contributed by atoms with Crippen molar-refractivity contribution in [3.8, 4) is 0 Å². The van der Waals surface area contributed by atoms with Gasteiger partial charge in [0.25, 0.3) is 5.91 Å². The van der Waals surface area contributed by atoms with Crippen molar-refractivity contribution in [2.45, 2.75) is 37.8 Å². The molecule has 0 radical (unpaired) electrons. The first-order valence-electron chi connectivity index (χ1n) is 8.83. The Labute approximate surface area is 142 Å². The molecule has 0 aliphatic carbocycles. The summed E-state index contributed by atoms with van der Waals surface area (Å²) in [4.78, 5) is 24.6. The number of rotatable bonds is 3. The number of carbonyl (C=O) groups is 1. The molecule has 1 spiro atoms. The molecule has 4 heterocycles. The van der Waals surface area contributed by atoms with Crippen LogP contribution in [-0.2, 0) is 6.54 Å². The Hall–Kier alpha value is -2.14. The van der Waals surface area contributed by atoms with Gasteiger partial charge in [0.05, 0.1) is 0 Å². The number of nitrogens with zero attached hydrogens (tertiary/aromatic N) is 3. The van der Waals surface area contributed by atoms with Crippen molar-refractivity contribution in [2.24, 2.45) is 0 Å². The van der Waals surface area contributed by atoms with E-state index in [0.29, 0.717) is 5.69 Å². The average Bonchev–Trinajstić information content (AvgIpc) is 3.27. The molecule has 1 amide bonds.